The maximum absolute atomic E-state index is 12.9. The Kier molecular flexibility index (Phi) is 5.67. The minimum Gasteiger partial charge on any atom is -0.493 e. The lowest BCUT2D eigenvalue weighted by atomic mass is 10.2. The van der Waals surface area contributed by atoms with E-state index in [1.54, 1.807) is 19.2 Å². The van der Waals surface area contributed by atoms with Gasteiger partial charge in [0.15, 0.2) is 11.5 Å². The molecule has 0 amide bonds. The first-order valence-electron chi connectivity index (χ1n) is 6.62. The van der Waals surface area contributed by atoms with E-state index in [0.29, 0.717) is 13.2 Å². The van der Waals surface area contributed by atoms with E-state index in [9.17, 15) is 4.39 Å². The third-order valence-corrected chi connectivity index (χ3v) is 3.72. The summed E-state index contributed by atoms with van der Waals surface area (Å²) < 4.78 is 24.8. The number of ether oxygens (including phenoxy) is 2. The zero-order valence-electron chi connectivity index (χ0n) is 12.0. The van der Waals surface area contributed by atoms with Crippen molar-refractivity contribution < 1.29 is 13.9 Å². The third kappa shape index (κ3) is 4.23. The molecule has 21 heavy (non-hydrogen) atoms. The van der Waals surface area contributed by atoms with E-state index in [4.69, 9.17) is 9.47 Å². The molecule has 0 bridgehead atoms. The molecule has 0 saturated carbocycles. The first kappa shape index (κ1) is 15.9. The third-order valence-electron chi connectivity index (χ3n) is 2.92. The van der Waals surface area contributed by atoms with Gasteiger partial charge in [0.1, 0.15) is 5.82 Å². The van der Waals surface area contributed by atoms with Crippen LogP contribution in [0.25, 0.3) is 0 Å². The average molecular weight is 401 g/mol. The zero-order valence-corrected chi connectivity index (χ0v) is 14.1. The molecular formula is C16H17FINO2. The van der Waals surface area contributed by atoms with E-state index in [1.807, 2.05) is 19.1 Å². The summed E-state index contributed by atoms with van der Waals surface area (Å²) in [5.74, 6) is 1.25. The van der Waals surface area contributed by atoms with Crippen LogP contribution in [0.3, 0.4) is 0 Å². The van der Waals surface area contributed by atoms with E-state index in [2.05, 4.69) is 27.9 Å². The van der Waals surface area contributed by atoms with E-state index in [-0.39, 0.29) is 5.82 Å². The van der Waals surface area contributed by atoms with Gasteiger partial charge in [0.2, 0.25) is 0 Å². The number of halogens is 2. The van der Waals surface area contributed by atoms with E-state index in [1.165, 1.54) is 12.1 Å². The van der Waals surface area contributed by atoms with Gasteiger partial charge in [-0.1, -0.05) is 0 Å². The normalized spacial score (nSPS) is 10.3. The highest BCUT2D eigenvalue weighted by atomic mass is 127. The summed E-state index contributed by atoms with van der Waals surface area (Å²) in [6.07, 6.45) is 0. The van der Waals surface area contributed by atoms with Gasteiger partial charge in [0.05, 0.1) is 17.3 Å². The molecule has 0 atom stereocenters. The lowest BCUT2D eigenvalue weighted by molar-refractivity contribution is 0.308. The topological polar surface area (TPSA) is 30.5 Å². The molecule has 0 aliphatic carbocycles. The van der Waals surface area contributed by atoms with Crippen LogP contribution in [0.4, 0.5) is 10.1 Å². The summed E-state index contributed by atoms with van der Waals surface area (Å²) in [6, 6.07) is 10.3. The van der Waals surface area contributed by atoms with Crippen molar-refractivity contribution in [1.29, 1.82) is 0 Å². The van der Waals surface area contributed by atoms with Crippen LogP contribution < -0.4 is 14.8 Å². The van der Waals surface area contributed by atoms with E-state index >= 15 is 0 Å². The Hall–Kier alpha value is -1.50. The number of hydrogen-bond acceptors (Lipinski definition) is 3. The Morgan fingerprint density at radius 3 is 2.52 bits per heavy atom. The fourth-order valence-electron chi connectivity index (χ4n) is 1.93. The molecule has 112 valence electrons. The summed E-state index contributed by atoms with van der Waals surface area (Å²) in [6.45, 7) is 3.17. The van der Waals surface area contributed by atoms with Gasteiger partial charge in [0, 0.05) is 12.2 Å². The van der Waals surface area contributed by atoms with Crippen molar-refractivity contribution in [2.75, 3.05) is 19.0 Å². The number of nitrogens with one attached hydrogen (secondary N) is 1. The largest absolute Gasteiger partial charge is 0.493 e. The first-order chi connectivity index (χ1) is 10.1. The van der Waals surface area contributed by atoms with Crippen LogP contribution in [0.2, 0.25) is 0 Å². The van der Waals surface area contributed by atoms with Crippen molar-refractivity contribution in [3.63, 3.8) is 0 Å². The van der Waals surface area contributed by atoms with Gasteiger partial charge in [-0.25, -0.2) is 4.39 Å². The molecule has 0 radical (unpaired) electrons. The molecule has 0 saturated heterocycles. The van der Waals surface area contributed by atoms with Crippen LogP contribution in [0, 0.1) is 9.39 Å². The van der Waals surface area contributed by atoms with Crippen molar-refractivity contribution in [2.24, 2.45) is 0 Å². The fraction of sp³-hybridized carbons (Fsp3) is 0.250. The van der Waals surface area contributed by atoms with Crippen molar-refractivity contribution in [2.45, 2.75) is 13.5 Å². The van der Waals surface area contributed by atoms with Crippen LogP contribution in [-0.4, -0.2) is 13.7 Å². The van der Waals surface area contributed by atoms with Crippen molar-refractivity contribution >= 4 is 28.3 Å². The summed E-state index contributed by atoms with van der Waals surface area (Å²) in [5, 5.41) is 3.25. The second-order valence-corrected chi connectivity index (χ2v) is 5.56. The van der Waals surface area contributed by atoms with Crippen molar-refractivity contribution in [3.8, 4) is 11.5 Å². The maximum Gasteiger partial charge on any atom is 0.174 e. The molecule has 0 aliphatic heterocycles. The summed E-state index contributed by atoms with van der Waals surface area (Å²) in [4.78, 5) is 0. The Bertz CT molecular complexity index is 602. The maximum atomic E-state index is 12.9. The summed E-state index contributed by atoms with van der Waals surface area (Å²) in [7, 11) is 1.63. The first-order valence-corrected chi connectivity index (χ1v) is 7.70. The molecule has 1 N–H and O–H groups in total. The van der Waals surface area contributed by atoms with E-state index in [0.717, 1.165) is 26.3 Å². The van der Waals surface area contributed by atoms with Gasteiger partial charge in [-0.05, 0) is 71.5 Å². The highest BCUT2D eigenvalue weighted by Crippen LogP contribution is 2.34. The van der Waals surface area contributed by atoms with Gasteiger partial charge in [-0.15, -0.1) is 0 Å². The fourth-order valence-corrected chi connectivity index (χ4v) is 2.75. The number of hydrogen-bond donors (Lipinski definition) is 1. The number of benzene rings is 2. The Balaban J connectivity index is 2.13. The second-order valence-electron chi connectivity index (χ2n) is 4.40. The van der Waals surface area contributed by atoms with Gasteiger partial charge in [-0.3, -0.25) is 0 Å². The van der Waals surface area contributed by atoms with Crippen molar-refractivity contribution in [1.82, 2.24) is 0 Å². The molecule has 0 aromatic heterocycles. The molecule has 2 rings (SSSR count). The minimum atomic E-state index is -0.238. The number of methoxy groups -OCH3 is 1. The quantitative estimate of drug-likeness (QED) is 0.726. The molecule has 0 unspecified atom stereocenters. The molecule has 0 spiro atoms. The smallest absolute Gasteiger partial charge is 0.174 e. The van der Waals surface area contributed by atoms with Gasteiger partial charge in [-0.2, -0.15) is 0 Å². The van der Waals surface area contributed by atoms with Gasteiger partial charge < -0.3 is 14.8 Å². The zero-order chi connectivity index (χ0) is 15.2. The number of anilines is 1. The molecule has 5 heteroatoms. The van der Waals surface area contributed by atoms with Gasteiger partial charge >= 0.3 is 0 Å². The molecule has 0 heterocycles. The Morgan fingerprint density at radius 1 is 1.19 bits per heavy atom. The van der Waals surface area contributed by atoms with Crippen molar-refractivity contribution in [3.05, 3.63) is 51.3 Å². The van der Waals surface area contributed by atoms with Crippen LogP contribution >= 0.6 is 22.6 Å². The predicted molar refractivity (Wildman–Crippen MR) is 90.6 cm³/mol. The molecule has 2 aromatic rings. The highest BCUT2D eigenvalue weighted by molar-refractivity contribution is 14.1. The lowest BCUT2D eigenvalue weighted by Crippen LogP contribution is -2.03. The van der Waals surface area contributed by atoms with E-state index < -0.39 is 0 Å². The number of rotatable bonds is 6. The molecule has 0 aliphatic rings. The Labute approximate surface area is 137 Å². The van der Waals surface area contributed by atoms with Gasteiger partial charge in [0.25, 0.3) is 0 Å². The standard InChI is InChI=1S/C16H17FINO2/c1-3-21-16-14(18)8-11(9-15(16)20-2)10-19-13-6-4-12(17)5-7-13/h4-9,19H,3,10H2,1-2H3. The predicted octanol–water partition coefficient (Wildman–Crippen LogP) is 4.45. The van der Waals surface area contributed by atoms with Crippen LogP contribution in [0.5, 0.6) is 11.5 Å². The lowest BCUT2D eigenvalue weighted by Gasteiger charge is -2.14. The minimum absolute atomic E-state index is 0.238. The monoisotopic (exact) mass is 401 g/mol. The van der Waals surface area contributed by atoms with Crippen LogP contribution in [-0.2, 0) is 6.54 Å². The SMILES string of the molecule is CCOc1c(I)cc(CNc2ccc(F)cc2)cc1OC. The molecular weight excluding hydrogens is 384 g/mol. The molecule has 0 fully saturated rings. The van der Waals surface area contributed by atoms with Crippen LogP contribution in [0.1, 0.15) is 12.5 Å². The highest BCUT2D eigenvalue weighted by Gasteiger charge is 2.11. The Morgan fingerprint density at radius 2 is 1.90 bits per heavy atom. The molecule has 2 aromatic carbocycles. The second kappa shape index (κ2) is 7.49. The molecule has 3 nitrogen and oxygen atoms in total. The summed E-state index contributed by atoms with van der Waals surface area (Å²) >= 11 is 2.23. The summed E-state index contributed by atoms with van der Waals surface area (Å²) in [5.41, 5.74) is 1.95. The average Bonchev–Trinajstić information content (AvgIpc) is 2.49. The van der Waals surface area contributed by atoms with Crippen LogP contribution in [0.15, 0.2) is 36.4 Å².